The minimum Gasteiger partial charge on any atom is -0.322 e. The number of hydrogen-bond acceptors (Lipinski definition) is 2. The zero-order valence-corrected chi connectivity index (χ0v) is 13.2. The summed E-state index contributed by atoms with van der Waals surface area (Å²) in [5.41, 5.74) is 1.90. The van der Waals surface area contributed by atoms with Gasteiger partial charge in [-0.1, -0.05) is 35.9 Å². The average Bonchev–Trinajstić information content (AvgIpc) is 2.48. The van der Waals surface area contributed by atoms with Crippen molar-refractivity contribution in [2.45, 2.75) is 19.9 Å². The van der Waals surface area contributed by atoms with Crippen molar-refractivity contribution < 1.29 is 9.18 Å². The summed E-state index contributed by atoms with van der Waals surface area (Å²) < 4.78 is 13.7. The molecular weight excluding hydrogens is 303 g/mol. The van der Waals surface area contributed by atoms with Crippen molar-refractivity contribution in [2.75, 3.05) is 11.9 Å². The molecule has 2 aromatic rings. The number of carbonyl (C=O) groups is 1. The Bertz CT molecular complexity index is 675. The summed E-state index contributed by atoms with van der Waals surface area (Å²) in [5, 5.41) is 6.27. The molecule has 1 amide bonds. The van der Waals surface area contributed by atoms with E-state index in [9.17, 15) is 9.18 Å². The van der Waals surface area contributed by atoms with E-state index in [2.05, 4.69) is 10.6 Å². The number of benzene rings is 2. The molecule has 0 spiro atoms. The van der Waals surface area contributed by atoms with E-state index in [1.54, 1.807) is 25.1 Å². The van der Waals surface area contributed by atoms with Crippen LogP contribution in [-0.2, 0) is 4.79 Å². The number of anilines is 1. The molecule has 0 bridgehead atoms. The van der Waals surface area contributed by atoms with Crippen LogP contribution in [0.4, 0.5) is 10.1 Å². The van der Waals surface area contributed by atoms with Crippen LogP contribution in [0.3, 0.4) is 0 Å². The minimum absolute atomic E-state index is 0.0692. The van der Waals surface area contributed by atoms with Crippen LogP contribution >= 0.6 is 11.6 Å². The van der Waals surface area contributed by atoms with E-state index in [0.29, 0.717) is 5.02 Å². The van der Waals surface area contributed by atoms with Gasteiger partial charge in [0.05, 0.1) is 12.2 Å². The Balaban J connectivity index is 1.91. The molecule has 0 aromatic heterocycles. The summed E-state index contributed by atoms with van der Waals surface area (Å²) in [6.07, 6.45) is 0. The molecule has 0 heterocycles. The fourth-order valence-electron chi connectivity index (χ4n) is 2.10. The monoisotopic (exact) mass is 320 g/mol. The lowest BCUT2D eigenvalue weighted by atomic mass is 10.1. The maximum absolute atomic E-state index is 13.7. The summed E-state index contributed by atoms with van der Waals surface area (Å²) in [4.78, 5) is 11.9. The van der Waals surface area contributed by atoms with Crippen molar-refractivity contribution >= 4 is 23.2 Å². The highest BCUT2D eigenvalue weighted by Gasteiger charge is 2.11. The van der Waals surface area contributed by atoms with Gasteiger partial charge in [-0.15, -0.1) is 0 Å². The van der Waals surface area contributed by atoms with Gasteiger partial charge in [0.1, 0.15) is 5.82 Å². The molecule has 0 saturated heterocycles. The van der Waals surface area contributed by atoms with Crippen molar-refractivity contribution in [3.8, 4) is 0 Å². The van der Waals surface area contributed by atoms with Crippen molar-refractivity contribution in [2.24, 2.45) is 0 Å². The van der Waals surface area contributed by atoms with E-state index in [4.69, 9.17) is 11.6 Å². The molecule has 116 valence electrons. The van der Waals surface area contributed by atoms with Gasteiger partial charge in [-0.3, -0.25) is 4.79 Å². The third-order valence-electron chi connectivity index (χ3n) is 3.34. The van der Waals surface area contributed by atoms with Crippen molar-refractivity contribution in [3.05, 3.63) is 64.4 Å². The third kappa shape index (κ3) is 4.29. The highest BCUT2D eigenvalue weighted by Crippen LogP contribution is 2.22. The van der Waals surface area contributed by atoms with Crippen LogP contribution in [0.1, 0.15) is 24.1 Å². The summed E-state index contributed by atoms with van der Waals surface area (Å²) in [6, 6.07) is 12.1. The highest BCUT2D eigenvalue weighted by molar-refractivity contribution is 6.31. The first-order valence-corrected chi connectivity index (χ1v) is 7.39. The molecule has 0 unspecified atom stereocenters. The Labute approximate surface area is 134 Å². The van der Waals surface area contributed by atoms with Crippen molar-refractivity contribution in [3.63, 3.8) is 0 Å². The van der Waals surface area contributed by atoms with Crippen molar-refractivity contribution in [1.29, 1.82) is 0 Å². The maximum Gasteiger partial charge on any atom is 0.238 e. The van der Waals surface area contributed by atoms with E-state index in [1.165, 1.54) is 6.07 Å². The molecule has 5 heteroatoms. The Kier molecular flexibility index (Phi) is 5.52. The lowest BCUT2D eigenvalue weighted by molar-refractivity contribution is -0.115. The standard InChI is InChI=1S/C17H18ClFN2O/c1-11-7-8-16(15(19)9-11)21-17(22)10-20-12(2)13-5-3-4-6-14(13)18/h3-9,12,20H,10H2,1-2H3,(H,21,22)/t12-/m0/s1. The normalized spacial score (nSPS) is 12.0. The smallest absolute Gasteiger partial charge is 0.238 e. The van der Waals surface area contributed by atoms with Crippen LogP contribution in [0.15, 0.2) is 42.5 Å². The Morgan fingerprint density at radius 3 is 2.68 bits per heavy atom. The molecule has 2 rings (SSSR count). The van der Waals surface area contributed by atoms with Crippen molar-refractivity contribution in [1.82, 2.24) is 5.32 Å². The molecule has 2 aromatic carbocycles. The number of rotatable bonds is 5. The first kappa shape index (κ1) is 16.5. The van der Waals surface area contributed by atoms with Crippen LogP contribution in [0, 0.1) is 12.7 Å². The Morgan fingerprint density at radius 2 is 2.00 bits per heavy atom. The molecule has 2 N–H and O–H groups in total. The number of aryl methyl sites for hydroxylation is 1. The predicted molar refractivity (Wildman–Crippen MR) is 87.6 cm³/mol. The zero-order valence-electron chi connectivity index (χ0n) is 12.5. The minimum atomic E-state index is -0.437. The fraction of sp³-hybridized carbons (Fsp3) is 0.235. The van der Waals surface area contributed by atoms with E-state index in [-0.39, 0.29) is 24.2 Å². The highest BCUT2D eigenvalue weighted by atomic mass is 35.5. The molecule has 1 atom stereocenters. The Morgan fingerprint density at radius 1 is 1.27 bits per heavy atom. The fourth-order valence-corrected chi connectivity index (χ4v) is 2.40. The number of carbonyl (C=O) groups excluding carboxylic acids is 1. The summed E-state index contributed by atoms with van der Waals surface area (Å²) in [5.74, 6) is -0.742. The molecule has 3 nitrogen and oxygen atoms in total. The van der Waals surface area contributed by atoms with E-state index in [1.807, 2.05) is 25.1 Å². The van der Waals surface area contributed by atoms with Gasteiger partial charge in [0.15, 0.2) is 0 Å². The van der Waals surface area contributed by atoms with Gasteiger partial charge in [-0.05, 0) is 43.2 Å². The molecule has 0 radical (unpaired) electrons. The number of amides is 1. The van der Waals surface area contributed by atoms with Crippen LogP contribution in [0.5, 0.6) is 0 Å². The number of hydrogen-bond donors (Lipinski definition) is 2. The van der Waals surface area contributed by atoms with E-state index in [0.717, 1.165) is 11.1 Å². The second kappa shape index (κ2) is 7.38. The second-order valence-electron chi connectivity index (χ2n) is 5.16. The zero-order chi connectivity index (χ0) is 16.1. The molecule has 0 aliphatic heterocycles. The van der Waals surface area contributed by atoms with Crippen LogP contribution in [0.2, 0.25) is 5.02 Å². The third-order valence-corrected chi connectivity index (χ3v) is 3.68. The van der Waals surface area contributed by atoms with Gasteiger partial charge in [0.25, 0.3) is 0 Å². The molecule has 22 heavy (non-hydrogen) atoms. The van der Waals surface area contributed by atoms with Gasteiger partial charge in [0.2, 0.25) is 5.91 Å². The summed E-state index contributed by atoms with van der Waals surface area (Å²) in [6.45, 7) is 3.78. The van der Waals surface area contributed by atoms with Gasteiger partial charge in [-0.2, -0.15) is 0 Å². The second-order valence-corrected chi connectivity index (χ2v) is 5.56. The lowest BCUT2D eigenvalue weighted by Gasteiger charge is -2.15. The Hall–Kier alpha value is -1.91. The molecular formula is C17H18ClFN2O. The average molecular weight is 321 g/mol. The predicted octanol–water partition coefficient (Wildman–Crippen LogP) is 4.08. The van der Waals surface area contributed by atoms with Gasteiger partial charge in [-0.25, -0.2) is 4.39 Å². The van der Waals surface area contributed by atoms with Gasteiger partial charge in [0, 0.05) is 11.1 Å². The van der Waals surface area contributed by atoms with Crippen LogP contribution in [-0.4, -0.2) is 12.5 Å². The molecule has 0 aliphatic rings. The topological polar surface area (TPSA) is 41.1 Å². The summed E-state index contributed by atoms with van der Waals surface area (Å²) in [7, 11) is 0. The molecule has 0 saturated carbocycles. The number of halogens is 2. The SMILES string of the molecule is Cc1ccc(NC(=O)CN[C@@H](C)c2ccccc2Cl)c(F)c1. The van der Waals surface area contributed by atoms with Crippen LogP contribution in [0.25, 0.3) is 0 Å². The van der Waals surface area contributed by atoms with Crippen LogP contribution < -0.4 is 10.6 Å². The maximum atomic E-state index is 13.7. The summed E-state index contributed by atoms with van der Waals surface area (Å²) >= 11 is 6.11. The largest absolute Gasteiger partial charge is 0.322 e. The van der Waals surface area contributed by atoms with E-state index >= 15 is 0 Å². The quantitative estimate of drug-likeness (QED) is 0.871. The first-order chi connectivity index (χ1) is 10.5. The molecule has 0 aliphatic carbocycles. The van der Waals surface area contributed by atoms with E-state index < -0.39 is 5.82 Å². The number of nitrogens with one attached hydrogen (secondary N) is 2. The van der Waals surface area contributed by atoms with Gasteiger partial charge >= 0.3 is 0 Å². The molecule has 0 fully saturated rings. The van der Waals surface area contributed by atoms with Gasteiger partial charge < -0.3 is 10.6 Å². The first-order valence-electron chi connectivity index (χ1n) is 7.01. The lowest BCUT2D eigenvalue weighted by Crippen LogP contribution is -2.30.